The molecule has 0 radical (unpaired) electrons. The zero-order valence-corrected chi connectivity index (χ0v) is 18.9. The van der Waals surface area contributed by atoms with Gasteiger partial charge in [-0.3, -0.25) is 14.9 Å². The summed E-state index contributed by atoms with van der Waals surface area (Å²) in [5.41, 5.74) is 1.50. The van der Waals surface area contributed by atoms with Gasteiger partial charge in [0.2, 0.25) is 17.8 Å². The Balaban J connectivity index is 1.37. The van der Waals surface area contributed by atoms with Gasteiger partial charge in [0.15, 0.2) is 0 Å². The number of nitrogens with zero attached hydrogens (tertiary/aromatic N) is 6. The fourth-order valence-electron chi connectivity index (χ4n) is 3.57. The van der Waals surface area contributed by atoms with Gasteiger partial charge in [0.05, 0.1) is 10.6 Å². The van der Waals surface area contributed by atoms with Crippen LogP contribution in [0.5, 0.6) is 5.88 Å². The fraction of sp³-hybridized carbons (Fsp3) is 0.217. The SMILES string of the molecule is O=C1NC(=O)/C(=C/c2cc(OCc3ccccc3)nc(N3CCN(c4ncccn4)CC3)n2)S1. The first-order valence-corrected chi connectivity index (χ1v) is 11.5. The standard InChI is InChI=1S/C23H21N7O3S/c31-20-18(34-23(32)28-20)13-17-14-19(33-15-16-5-2-1-3-6-16)27-22(26-17)30-11-9-29(10-12-30)21-24-7-4-8-25-21/h1-8,13-14H,9-12,15H2,(H,28,31,32)/b18-13-. The van der Waals surface area contributed by atoms with Gasteiger partial charge in [-0.05, 0) is 29.5 Å². The van der Waals surface area contributed by atoms with E-state index in [0.717, 1.165) is 17.3 Å². The van der Waals surface area contributed by atoms with E-state index in [0.29, 0.717) is 56.3 Å². The van der Waals surface area contributed by atoms with E-state index < -0.39 is 11.1 Å². The number of carbonyl (C=O) groups excluding carboxylic acids is 2. The Labute approximate surface area is 200 Å². The number of rotatable bonds is 6. The number of nitrogens with one attached hydrogen (secondary N) is 1. The number of thioether (sulfide) groups is 1. The van der Waals surface area contributed by atoms with Crippen LogP contribution in [0.25, 0.3) is 6.08 Å². The van der Waals surface area contributed by atoms with Crippen molar-refractivity contribution >= 4 is 40.9 Å². The van der Waals surface area contributed by atoms with E-state index in [9.17, 15) is 9.59 Å². The number of hydrogen-bond acceptors (Lipinski definition) is 10. The van der Waals surface area contributed by atoms with E-state index in [4.69, 9.17) is 4.74 Å². The van der Waals surface area contributed by atoms with Crippen LogP contribution in [-0.2, 0) is 11.4 Å². The third-order valence-corrected chi connectivity index (χ3v) is 6.07. The third-order valence-electron chi connectivity index (χ3n) is 5.26. The maximum atomic E-state index is 12.0. The normalized spacial score (nSPS) is 17.2. The Morgan fingerprint density at radius 2 is 1.65 bits per heavy atom. The predicted molar refractivity (Wildman–Crippen MR) is 128 cm³/mol. The summed E-state index contributed by atoms with van der Waals surface area (Å²) in [4.78, 5) is 45.9. The van der Waals surface area contributed by atoms with Crippen molar-refractivity contribution in [2.45, 2.75) is 6.61 Å². The topological polar surface area (TPSA) is 113 Å². The summed E-state index contributed by atoms with van der Waals surface area (Å²) in [6, 6.07) is 13.3. The minimum Gasteiger partial charge on any atom is -0.473 e. The van der Waals surface area contributed by atoms with Crippen LogP contribution in [0.4, 0.5) is 16.7 Å². The van der Waals surface area contributed by atoms with Crippen molar-refractivity contribution in [1.29, 1.82) is 0 Å². The molecule has 0 unspecified atom stereocenters. The average molecular weight is 476 g/mol. The zero-order valence-electron chi connectivity index (χ0n) is 18.1. The molecule has 34 heavy (non-hydrogen) atoms. The second-order valence-electron chi connectivity index (χ2n) is 7.58. The molecule has 2 amide bonds. The number of ether oxygens (including phenoxy) is 1. The molecule has 1 aromatic carbocycles. The van der Waals surface area contributed by atoms with E-state index in [1.54, 1.807) is 30.6 Å². The lowest BCUT2D eigenvalue weighted by Gasteiger charge is -2.34. The number of anilines is 2. The van der Waals surface area contributed by atoms with Crippen LogP contribution in [0.3, 0.4) is 0 Å². The van der Waals surface area contributed by atoms with E-state index in [-0.39, 0.29) is 4.91 Å². The zero-order chi connectivity index (χ0) is 23.3. The molecule has 2 aliphatic heterocycles. The van der Waals surface area contributed by atoms with Crippen molar-refractivity contribution in [2.75, 3.05) is 36.0 Å². The van der Waals surface area contributed by atoms with Crippen molar-refractivity contribution in [3.8, 4) is 5.88 Å². The maximum Gasteiger partial charge on any atom is 0.290 e. The minimum absolute atomic E-state index is 0.287. The first kappa shape index (κ1) is 21.8. The first-order chi connectivity index (χ1) is 16.6. The first-order valence-electron chi connectivity index (χ1n) is 10.7. The highest BCUT2D eigenvalue weighted by atomic mass is 32.2. The summed E-state index contributed by atoms with van der Waals surface area (Å²) in [6.07, 6.45) is 5.04. The number of carbonyl (C=O) groups is 2. The molecule has 0 bridgehead atoms. The quantitative estimate of drug-likeness (QED) is 0.534. The number of benzene rings is 1. The molecule has 10 nitrogen and oxygen atoms in total. The summed E-state index contributed by atoms with van der Waals surface area (Å²) in [5.74, 6) is 1.16. The molecular weight excluding hydrogens is 454 g/mol. The second-order valence-corrected chi connectivity index (χ2v) is 8.60. The number of imide groups is 1. The Morgan fingerprint density at radius 3 is 2.32 bits per heavy atom. The van der Waals surface area contributed by atoms with Gasteiger partial charge in [-0.25, -0.2) is 15.0 Å². The summed E-state index contributed by atoms with van der Waals surface area (Å²) < 4.78 is 5.96. The summed E-state index contributed by atoms with van der Waals surface area (Å²) in [5, 5.41) is 1.86. The number of aromatic nitrogens is 4. The maximum absolute atomic E-state index is 12.0. The average Bonchev–Trinajstić information content (AvgIpc) is 3.20. The van der Waals surface area contributed by atoms with Gasteiger partial charge >= 0.3 is 0 Å². The van der Waals surface area contributed by atoms with Gasteiger partial charge in [-0.15, -0.1) is 0 Å². The van der Waals surface area contributed by atoms with E-state index in [1.165, 1.54) is 0 Å². The lowest BCUT2D eigenvalue weighted by Crippen LogP contribution is -2.47. The summed E-state index contributed by atoms with van der Waals surface area (Å²) >= 11 is 0.850. The van der Waals surface area contributed by atoms with E-state index in [1.807, 2.05) is 30.3 Å². The Bertz CT molecular complexity index is 1220. The molecular formula is C23H21N7O3S. The van der Waals surface area contributed by atoms with Crippen LogP contribution in [0.15, 0.2) is 59.8 Å². The van der Waals surface area contributed by atoms with E-state index >= 15 is 0 Å². The molecule has 4 heterocycles. The van der Waals surface area contributed by atoms with Crippen molar-refractivity contribution < 1.29 is 14.3 Å². The van der Waals surface area contributed by atoms with Crippen molar-refractivity contribution in [3.05, 3.63) is 71.0 Å². The van der Waals surface area contributed by atoms with Crippen molar-refractivity contribution in [2.24, 2.45) is 0 Å². The van der Waals surface area contributed by atoms with Crippen LogP contribution in [0.1, 0.15) is 11.3 Å². The molecule has 172 valence electrons. The summed E-state index contributed by atoms with van der Waals surface area (Å²) in [7, 11) is 0. The molecule has 3 aromatic rings. The molecule has 5 rings (SSSR count). The molecule has 2 saturated heterocycles. The highest BCUT2D eigenvalue weighted by molar-refractivity contribution is 8.18. The summed E-state index contributed by atoms with van der Waals surface area (Å²) in [6.45, 7) is 3.12. The Morgan fingerprint density at radius 1 is 0.941 bits per heavy atom. The van der Waals surface area contributed by atoms with Crippen LogP contribution in [0, 0.1) is 0 Å². The molecule has 2 aliphatic rings. The Hall–Kier alpha value is -3.99. The smallest absolute Gasteiger partial charge is 0.290 e. The fourth-order valence-corrected chi connectivity index (χ4v) is 4.23. The monoisotopic (exact) mass is 475 g/mol. The van der Waals surface area contributed by atoms with Gasteiger partial charge in [-0.1, -0.05) is 30.3 Å². The minimum atomic E-state index is -0.432. The highest BCUT2D eigenvalue weighted by Crippen LogP contribution is 2.27. The molecule has 2 fully saturated rings. The second kappa shape index (κ2) is 9.87. The van der Waals surface area contributed by atoms with Gasteiger partial charge in [0, 0.05) is 44.6 Å². The Kier molecular flexibility index (Phi) is 6.34. The number of amides is 2. The van der Waals surface area contributed by atoms with Crippen LogP contribution in [-0.4, -0.2) is 57.3 Å². The van der Waals surface area contributed by atoms with Crippen LogP contribution >= 0.6 is 11.8 Å². The van der Waals surface area contributed by atoms with Crippen molar-refractivity contribution in [3.63, 3.8) is 0 Å². The highest BCUT2D eigenvalue weighted by Gasteiger charge is 2.26. The number of piperazine rings is 1. The molecule has 2 aromatic heterocycles. The molecule has 0 atom stereocenters. The lowest BCUT2D eigenvalue weighted by atomic mass is 10.2. The molecule has 0 aliphatic carbocycles. The van der Waals surface area contributed by atoms with Gasteiger partial charge < -0.3 is 14.5 Å². The molecule has 11 heteroatoms. The van der Waals surface area contributed by atoms with Gasteiger partial charge in [0.1, 0.15) is 6.61 Å². The van der Waals surface area contributed by atoms with E-state index in [2.05, 4.69) is 35.1 Å². The largest absolute Gasteiger partial charge is 0.473 e. The molecule has 0 saturated carbocycles. The lowest BCUT2D eigenvalue weighted by molar-refractivity contribution is -0.115. The van der Waals surface area contributed by atoms with Gasteiger partial charge in [-0.2, -0.15) is 4.98 Å². The number of hydrogen-bond donors (Lipinski definition) is 1. The van der Waals surface area contributed by atoms with Crippen LogP contribution < -0.4 is 19.9 Å². The van der Waals surface area contributed by atoms with Crippen molar-refractivity contribution in [1.82, 2.24) is 25.3 Å². The third kappa shape index (κ3) is 5.15. The van der Waals surface area contributed by atoms with Crippen LogP contribution in [0.2, 0.25) is 0 Å². The van der Waals surface area contributed by atoms with Gasteiger partial charge in [0.25, 0.3) is 11.1 Å². The molecule has 1 N–H and O–H groups in total. The molecule has 0 spiro atoms. The predicted octanol–water partition coefficient (Wildman–Crippen LogP) is 2.50.